The van der Waals surface area contributed by atoms with E-state index in [4.69, 9.17) is 4.74 Å². The molecule has 2 rings (SSSR count). The molecule has 0 aromatic rings. The maximum absolute atomic E-state index is 12.3. The van der Waals surface area contributed by atoms with Gasteiger partial charge in [-0.3, -0.25) is 9.69 Å². The molecule has 116 valence electrons. The van der Waals surface area contributed by atoms with Gasteiger partial charge in [-0.05, 0) is 19.3 Å². The molecule has 1 aliphatic carbocycles. The van der Waals surface area contributed by atoms with Crippen LogP contribution in [0, 0.1) is 5.92 Å². The summed E-state index contributed by atoms with van der Waals surface area (Å²) in [6.45, 7) is 1.14. The van der Waals surface area contributed by atoms with Gasteiger partial charge in [-0.15, -0.1) is 0 Å². The quantitative estimate of drug-likeness (QED) is 0.782. The number of methoxy groups -OCH3 is 1. The number of carbonyl (C=O) groups excluding carboxylic acids is 1. The van der Waals surface area contributed by atoms with Gasteiger partial charge in [-0.2, -0.15) is 0 Å². The number of rotatable bonds is 5. The van der Waals surface area contributed by atoms with E-state index in [-0.39, 0.29) is 24.5 Å². The first-order valence-corrected chi connectivity index (χ1v) is 7.43. The van der Waals surface area contributed by atoms with Gasteiger partial charge in [-0.25, -0.2) is 8.78 Å². The lowest BCUT2D eigenvalue weighted by molar-refractivity contribution is -0.148. The molecular formula is C14H24F2N2O2. The predicted molar refractivity (Wildman–Crippen MR) is 71.7 cm³/mol. The van der Waals surface area contributed by atoms with Crippen molar-refractivity contribution in [1.29, 1.82) is 0 Å². The fourth-order valence-corrected chi connectivity index (χ4v) is 3.44. The Labute approximate surface area is 118 Å². The van der Waals surface area contributed by atoms with Crippen molar-refractivity contribution in [3.63, 3.8) is 0 Å². The molecule has 2 unspecified atom stereocenters. The van der Waals surface area contributed by atoms with Gasteiger partial charge >= 0.3 is 5.97 Å². The van der Waals surface area contributed by atoms with Gasteiger partial charge in [0.2, 0.25) is 0 Å². The molecule has 2 fully saturated rings. The lowest BCUT2D eigenvalue weighted by atomic mass is 9.92. The van der Waals surface area contributed by atoms with Crippen molar-refractivity contribution >= 4 is 5.97 Å². The summed E-state index contributed by atoms with van der Waals surface area (Å²) in [7, 11) is 1.39. The molecule has 20 heavy (non-hydrogen) atoms. The Bertz CT molecular complexity index is 322. The van der Waals surface area contributed by atoms with E-state index in [1.807, 2.05) is 0 Å². The average molecular weight is 290 g/mol. The topological polar surface area (TPSA) is 41.6 Å². The summed E-state index contributed by atoms with van der Waals surface area (Å²) in [5.41, 5.74) is 0. The molecule has 1 aliphatic heterocycles. The maximum atomic E-state index is 12.3. The summed E-state index contributed by atoms with van der Waals surface area (Å²) < 4.78 is 29.5. The van der Waals surface area contributed by atoms with E-state index < -0.39 is 6.43 Å². The molecule has 0 aromatic carbocycles. The lowest BCUT2D eigenvalue weighted by Gasteiger charge is -2.40. The molecule has 6 heteroatoms. The molecule has 0 amide bonds. The highest BCUT2D eigenvalue weighted by molar-refractivity contribution is 5.72. The van der Waals surface area contributed by atoms with E-state index in [0.717, 1.165) is 19.4 Å². The molecule has 0 aromatic heterocycles. The van der Waals surface area contributed by atoms with E-state index >= 15 is 0 Å². The Kier molecular flexibility index (Phi) is 5.72. The third kappa shape index (κ3) is 4.12. The molecular weight excluding hydrogens is 266 g/mol. The first kappa shape index (κ1) is 15.6. The van der Waals surface area contributed by atoms with Crippen LogP contribution in [0.25, 0.3) is 0 Å². The van der Waals surface area contributed by atoms with Gasteiger partial charge in [0, 0.05) is 25.2 Å². The summed E-state index contributed by atoms with van der Waals surface area (Å²) in [6, 6.07) is 0.445. The highest BCUT2D eigenvalue weighted by Crippen LogP contribution is 2.28. The van der Waals surface area contributed by atoms with Crippen LogP contribution < -0.4 is 5.32 Å². The van der Waals surface area contributed by atoms with Gasteiger partial charge < -0.3 is 10.1 Å². The van der Waals surface area contributed by atoms with Crippen molar-refractivity contribution in [3.05, 3.63) is 0 Å². The van der Waals surface area contributed by atoms with Gasteiger partial charge in [0.25, 0.3) is 6.43 Å². The standard InChI is InChI=1S/C14H24F2N2O2/c1-20-14(19)10-6-11(17-7-13(15)16)9-18(8-10)12-4-2-3-5-12/h10-13,17H,2-9H2,1H3. The SMILES string of the molecule is COC(=O)C1CC(NCC(F)F)CN(C2CCCC2)C1. The second-order valence-electron chi connectivity index (χ2n) is 5.84. The van der Waals surface area contributed by atoms with Crippen LogP contribution in [-0.2, 0) is 9.53 Å². The van der Waals surface area contributed by atoms with Crippen molar-refractivity contribution in [2.45, 2.75) is 50.6 Å². The van der Waals surface area contributed by atoms with Crippen LogP contribution in [0.5, 0.6) is 0 Å². The first-order valence-electron chi connectivity index (χ1n) is 7.43. The minimum atomic E-state index is -2.35. The van der Waals surface area contributed by atoms with E-state index in [0.29, 0.717) is 19.0 Å². The van der Waals surface area contributed by atoms with E-state index in [1.54, 1.807) is 0 Å². The van der Waals surface area contributed by atoms with Crippen molar-refractivity contribution in [3.8, 4) is 0 Å². The summed E-state index contributed by atoms with van der Waals surface area (Å²) in [5.74, 6) is -0.430. The smallest absolute Gasteiger partial charge is 0.310 e. The Balaban J connectivity index is 1.95. The third-order valence-corrected chi connectivity index (χ3v) is 4.42. The number of carbonyl (C=O) groups is 1. The number of alkyl halides is 2. The molecule has 1 N–H and O–H groups in total. The minimum Gasteiger partial charge on any atom is -0.469 e. The number of nitrogens with one attached hydrogen (secondary N) is 1. The van der Waals surface area contributed by atoms with Crippen LogP contribution in [0.1, 0.15) is 32.1 Å². The largest absolute Gasteiger partial charge is 0.469 e. The number of nitrogens with zero attached hydrogens (tertiary/aromatic N) is 1. The molecule has 0 radical (unpaired) electrons. The predicted octanol–water partition coefficient (Wildman–Crippen LogP) is 1.65. The molecule has 0 bridgehead atoms. The molecule has 1 saturated heterocycles. The Morgan fingerprint density at radius 2 is 2.05 bits per heavy atom. The second kappa shape index (κ2) is 7.31. The molecule has 2 aliphatic rings. The monoisotopic (exact) mass is 290 g/mol. The molecule has 0 spiro atoms. The number of hydrogen-bond acceptors (Lipinski definition) is 4. The van der Waals surface area contributed by atoms with E-state index in [1.165, 1.54) is 20.0 Å². The minimum absolute atomic E-state index is 0.0533. The van der Waals surface area contributed by atoms with Crippen molar-refractivity contribution in [2.75, 3.05) is 26.7 Å². The van der Waals surface area contributed by atoms with Crippen LogP contribution in [0.15, 0.2) is 0 Å². The van der Waals surface area contributed by atoms with Gasteiger partial charge in [0.05, 0.1) is 19.6 Å². The van der Waals surface area contributed by atoms with Crippen molar-refractivity contribution in [2.24, 2.45) is 5.92 Å². The Morgan fingerprint density at radius 1 is 1.35 bits per heavy atom. The molecule has 4 nitrogen and oxygen atoms in total. The van der Waals surface area contributed by atoms with Gasteiger partial charge in [0.1, 0.15) is 0 Å². The van der Waals surface area contributed by atoms with E-state index in [2.05, 4.69) is 10.2 Å². The summed E-state index contributed by atoms with van der Waals surface area (Å²) >= 11 is 0. The van der Waals surface area contributed by atoms with Gasteiger partial charge in [0.15, 0.2) is 0 Å². The number of hydrogen-bond donors (Lipinski definition) is 1. The fraction of sp³-hybridized carbons (Fsp3) is 0.929. The zero-order chi connectivity index (χ0) is 14.5. The van der Waals surface area contributed by atoms with E-state index in [9.17, 15) is 13.6 Å². The highest BCUT2D eigenvalue weighted by Gasteiger charge is 2.36. The molecule has 1 heterocycles. The van der Waals surface area contributed by atoms with Crippen LogP contribution in [0.2, 0.25) is 0 Å². The molecule has 1 saturated carbocycles. The van der Waals surface area contributed by atoms with Crippen LogP contribution in [-0.4, -0.2) is 56.1 Å². The summed E-state index contributed by atoms with van der Waals surface area (Å²) in [4.78, 5) is 14.1. The van der Waals surface area contributed by atoms with Crippen molar-refractivity contribution < 1.29 is 18.3 Å². The van der Waals surface area contributed by atoms with Gasteiger partial charge in [-0.1, -0.05) is 12.8 Å². The Morgan fingerprint density at radius 3 is 2.65 bits per heavy atom. The number of likely N-dealkylation sites (tertiary alicyclic amines) is 1. The zero-order valence-electron chi connectivity index (χ0n) is 12.0. The summed E-state index contributed by atoms with van der Waals surface area (Å²) in [6.07, 6.45) is 2.97. The molecule has 2 atom stereocenters. The zero-order valence-corrected chi connectivity index (χ0v) is 12.0. The normalized spacial score (nSPS) is 29.0. The van der Waals surface area contributed by atoms with Crippen molar-refractivity contribution in [1.82, 2.24) is 10.2 Å². The van der Waals surface area contributed by atoms with Crippen LogP contribution >= 0.6 is 0 Å². The maximum Gasteiger partial charge on any atom is 0.310 e. The second-order valence-corrected chi connectivity index (χ2v) is 5.84. The highest BCUT2D eigenvalue weighted by atomic mass is 19.3. The van der Waals surface area contributed by atoms with Crippen LogP contribution in [0.3, 0.4) is 0 Å². The first-order chi connectivity index (χ1) is 9.60. The Hall–Kier alpha value is -0.750. The lowest BCUT2D eigenvalue weighted by Crippen LogP contribution is -2.54. The summed E-state index contributed by atoms with van der Waals surface area (Å²) in [5, 5.41) is 2.88. The third-order valence-electron chi connectivity index (χ3n) is 4.42. The number of piperidine rings is 1. The fourth-order valence-electron chi connectivity index (χ4n) is 3.44. The number of ether oxygens (including phenoxy) is 1. The number of halogens is 2. The van der Waals surface area contributed by atoms with Crippen LogP contribution in [0.4, 0.5) is 8.78 Å². The number of esters is 1. The average Bonchev–Trinajstić information content (AvgIpc) is 2.98.